The van der Waals surface area contributed by atoms with Gasteiger partial charge in [-0.1, -0.05) is 12.1 Å². The Hall–Kier alpha value is -1.19. The Kier molecular flexibility index (Phi) is 8.81. The fraction of sp³-hybridized carbons (Fsp3) is 0.588. The monoisotopic (exact) mass is 471 g/mol. The second-order valence-electron chi connectivity index (χ2n) is 6.10. The smallest absolute Gasteiger partial charge is 0.391 e. The van der Waals surface area contributed by atoms with E-state index in [1.807, 2.05) is 6.92 Å². The maximum absolute atomic E-state index is 12.7. The summed E-state index contributed by atoms with van der Waals surface area (Å²) in [5.74, 6) is -0.359. The molecule has 1 aromatic carbocycles. The molecule has 0 atom stereocenters. The molecule has 8 heteroatoms. The van der Waals surface area contributed by atoms with Gasteiger partial charge in [-0.2, -0.15) is 13.2 Å². The lowest BCUT2D eigenvalue weighted by Crippen LogP contribution is -2.45. The van der Waals surface area contributed by atoms with Crippen LogP contribution in [0.5, 0.6) is 5.75 Å². The molecule has 1 aliphatic carbocycles. The topological polar surface area (TPSA) is 56.7 Å². The minimum Gasteiger partial charge on any atom is -0.508 e. The number of hydrogen-bond donors (Lipinski definition) is 3. The van der Waals surface area contributed by atoms with Gasteiger partial charge in [0, 0.05) is 12.6 Å². The van der Waals surface area contributed by atoms with E-state index < -0.39 is 12.1 Å². The van der Waals surface area contributed by atoms with E-state index in [4.69, 9.17) is 0 Å². The molecule has 0 saturated heterocycles. The quantitative estimate of drug-likeness (QED) is 0.351. The first-order valence-corrected chi connectivity index (χ1v) is 8.28. The number of nitrogens with zero attached hydrogens (tertiary/aromatic N) is 1. The van der Waals surface area contributed by atoms with Crippen LogP contribution in [-0.2, 0) is 6.54 Å². The maximum Gasteiger partial charge on any atom is 0.391 e. The van der Waals surface area contributed by atoms with Gasteiger partial charge < -0.3 is 15.7 Å². The van der Waals surface area contributed by atoms with Crippen LogP contribution in [0.1, 0.15) is 38.2 Å². The third-order valence-corrected chi connectivity index (χ3v) is 4.23. The number of nitrogens with one attached hydrogen (secondary N) is 2. The van der Waals surface area contributed by atoms with Crippen LogP contribution >= 0.6 is 24.0 Å². The first-order chi connectivity index (χ1) is 11.4. The van der Waals surface area contributed by atoms with Gasteiger partial charge >= 0.3 is 6.18 Å². The third kappa shape index (κ3) is 7.29. The summed E-state index contributed by atoms with van der Waals surface area (Å²) in [6.45, 7) is 3.06. The second-order valence-corrected chi connectivity index (χ2v) is 6.10. The first kappa shape index (κ1) is 21.9. The van der Waals surface area contributed by atoms with Crippen molar-refractivity contribution in [3.63, 3.8) is 0 Å². The average Bonchev–Trinajstić information content (AvgIpc) is 2.54. The molecule has 0 aromatic heterocycles. The van der Waals surface area contributed by atoms with Crippen molar-refractivity contribution in [1.82, 2.24) is 10.6 Å². The van der Waals surface area contributed by atoms with Crippen LogP contribution in [0, 0.1) is 5.92 Å². The van der Waals surface area contributed by atoms with Crippen LogP contribution in [0.4, 0.5) is 13.2 Å². The van der Waals surface area contributed by atoms with Crippen molar-refractivity contribution in [1.29, 1.82) is 0 Å². The standard InChI is InChI=1S/C17H24F3N3O.HI/c1-2-21-16(22-11-12-3-9-15(24)10-4-12)23-14-7-5-13(6-8-14)17(18,19)20;/h3-4,9-10,13-14,24H,2,5-8,11H2,1H3,(H2,21,22,23);1H. The molecule has 25 heavy (non-hydrogen) atoms. The van der Waals surface area contributed by atoms with Crippen LogP contribution < -0.4 is 10.6 Å². The van der Waals surface area contributed by atoms with Crippen molar-refractivity contribution in [2.75, 3.05) is 6.54 Å². The predicted molar refractivity (Wildman–Crippen MR) is 103 cm³/mol. The highest BCUT2D eigenvalue weighted by molar-refractivity contribution is 14.0. The molecule has 4 nitrogen and oxygen atoms in total. The van der Waals surface area contributed by atoms with Gasteiger partial charge in [-0.05, 0) is 50.3 Å². The van der Waals surface area contributed by atoms with Gasteiger partial charge in [0.2, 0.25) is 0 Å². The van der Waals surface area contributed by atoms with Crippen molar-refractivity contribution in [2.24, 2.45) is 10.9 Å². The maximum atomic E-state index is 12.7. The molecule has 0 bridgehead atoms. The number of guanidine groups is 1. The molecular weight excluding hydrogens is 446 g/mol. The zero-order chi connectivity index (χ0) is 17.6. The minimum atomic E-state index is -4.08. The number of benzene rings is 1. The van der Waals surface area contributed by atoms with Crippen molar-refractivity contribution >= 4 is 29.9 Å². The summed E-state index contributed by atoms with van der Waals surface area (Å²) >= 11 is 0. The normalized spacial score (nSPS) is 21.4. The highest BCUT2D eigenvalue weighted by atomic mass is 127. The van der Waals surface area contributed by atoms with Gasteiger partial charge in [-0.25, -0.2) is 4.99 Å². The SMILES string of the molecule is CCNC(=NCc1ccc(O)cc1)NC1CCC(C(F)(F)F)CC1.I. The van der Waals surface area contributed by atoms with Gasteiger partial charge in [0.1, 0.15) is 5.75 Å². The van der Waals surface area contributed by atoms with E-state index >= 15 is 0 Å². The summed E-state index contributed by atoms with van der Waals surface area (Å²) in [6, 6.07) is 6.79. The predicted octanol–water partition coefficient (Wildman–Crippen LogP) is 4.19. The molecule has 0 unspecified atom stereocenters. The molecule has 142 valence electrons. The fourth-order valence-electron chi connectivity index (χ4n) is 2.85. The van der Waals surface area contributed by atoms with Crippen LogP contribution in [0.2, 0.25) is 0 Å². The molecule has 0 amide bonds. The molecule has 0 radical (unpaired) electrons. The average molecular weight is 471 g/mol. The van der Waals surface area contributed by atoms with Crippen LogP contribution in [-0.4, -0.2) is 29.8 Å². The lowest BCUT2D eigenvalue weighted by Gasteiger charge is -2.31. The number of alkyl halides is 3. The molecule has 3 N–H and O–H groups in total. The summed E-state index contributed by atoms with van der Waals surface area (Å²) in [6.07, 6.45) is -2.76. The summed E-state index contributed by atoms with van der Waals surface area (Å²) in [5.41, 5.74) is 0.950. The zero-order valence-electron chi connectivity index (χ0n) is 14.1. The van der Waals surface area contributed by atoms with Crippen LogP contribution in [0.3, 0.4) is 0 Å². The summed E-state index contributed by atoms with van der Waals surface area (Å²) < 4.78 is 38.1. The Morgan fingerprint density at radius 2 is 1.76 bits per heavy atom. The molecular formula is C17H25F3IN3O. The van der Waals surface area contributed by atoms with E-state index in [-0.39, 0.29) is 48.6 Å². The van der Waals surface area contributed by atoms with E-state index in [9.17, 15) is 18.3 Å². The van der Waals surface area contributed by atoms with Crippen molar-refractivity contribution < 1.29 is 18.3 Å². The Balaban J connectivity index is 0.00000312. The summed E-state index contributed by atoms with van der Waals surface area (Å²) in [5, 5.41) is 15.6. The van der Waals surface area contributed by atoms with Gasteiger partial charge in [-0.15, -0.1) is 24.0 Å². The largest absolute Gasteiger partial charge is 0.508 e. The van der Waals surface area contributed by atoms with E-state index in [2.05, 4.69) is 15.6 Å². The van der Waals surface area contributed by atoms with Crippen molar-refractivity contribution in [3.8, 4) is 5.75 Å². The molecule has 1 aliphatic rings. The van der Waals surface area contributed by atoms with Gasteiger partial charge in [0.05, 0.1) is 12.5 Å². The lowest BCUT2D eigenvalue weighted by molar-refractivity contribution is -0.182. The van der Waals surface area contributed by atoms with E-state index in [0.29, 0.717) is 31.9 Å². The molecule has 2 rings (SSSR count). The van der Waals surface area contributed by atoms with E-state index in [0.717, 1.165) is 5.56 Å². The molecule has 0 spiro atoms. The van der Waals surface area contributed by atoms with Crippen LogP contribution in [0.15, 0.2) is 29.3 Å². The molecule has 1 aromatic rings. The Morgan fingerprint density at radius 3 is 2.28 bits per heavy atom. The van der Waals surface area contributed by atoms with Gasteiger partial charge in [0.15, 0.2) is 5.96 Å². The number of hydrogen-bond acceptors (Lipinski definition) is 2. The van der Waals surface area contributed by atoms with Crippen molar-refractivity contribution in [3.05, 3.63) is 29.8 Å². The highest BCUT2D eigenvalue weighted by Crippen LogP contribution is 2.37. The molecule has 1 fully saturated rings. The first-order valence-electron chi connectivity index (χ1n) is 8.28. The van der Waals surface area contributed by atoms with Crippen LogP contribution in [0.25, 0.3) is 0 Å². The minimum absolute atomic E-state index is 0. The zero-order valence-corrected chi connectivity index (χ0v) is 16.5. The third-order valence-electron chi connectivity index (χ3n) is 4.23. The Bertz CT molecular complexity index is 541. The lowest BCUT2D eigenvalue weighted by atomic mass is 9.85. The second kappa shape index (κ2) is 10.1. The number of aromatic hydroxyl groups is 1. The Labute approximate surface area is 163 Å². The number of aliphatic imine (C=N–C) groups is 1. The fourth-order valence-corrected chi connectivity index (χ4v) is 2.85. The summed E-state index contributed by atoms with van der Waals surface area (Å²) in [4.78, 5) is 4.47. The number of phenols is 1. The number of halogens is 4. The molecule has 1 saturated carbocycles. The Morgan fingerprint density at radius 1 is 1.16 bits per heavy atom. The highest BCUT2D eigenvalue weighted by Gasteiger charge is 2.41. The van der Waals surface area contributed by atoms with E-state index in [1.54, 1.807) is 24.3 Å². The van der Waals surface area contributed by atoms with Crippen molar-refractivity contribution in [2.45, 2.75) is 51.4 Å². The number of phenolic OH excluding ortho intramolecular Hbond substituents is 1. The summed E-state index contributed by atoms with van der Waals surface area (Å²) in [7, 11) is 0. The molecule has 0 heterocycles. The van der Waals surface area contributed by atoms with Gasteiger partial charge in [0.25, 0.3) is 0 Å². The molecule has 0 aliphatic heterocycles. The van der Waals surface area contributed by atoms with Gasteiger partial charge in [-0.3, -0.25) is 0 Å². The number of rotatable bonds is 4. The van der Waals surface area contributed by atoms with E-state index in [1.165, 1.54) is 0 Å².